The number of carbonyl (C=O) groups excluding carboxylic acids is 1. The number of esters is 1. The molecule has 152 valence electrons. The van der Waals surface area contributed by atoms with Crippen molar-refractivity contribution in [2.75, 3.05) is 18.2 Å². The summed E-state index contributed by atoms with van der Waals surface area (Å²) in [6, 6.07) is 6.73. The Morgan fingerprint density at radius 3 is 2.52 bits per heavy atom. The number of anilines is 2. The first-order valence-corrected chi connectivity index (χ1v) is 10.7. The summed E-state index contributed by atoms with van der Waals surface area (Å²) in [6.07, 6.45) is 9.17. The van der Waals surface area contributed by atoms with Gasteiger partial charge in [-0.15, -0.1) is 0 Å². The second-order valence-corrected chi connectivity index (χ2v) is 8.51. The number of nitrogens with one attached hydrogen (secondary N) is 1. The van der Waals surface area contributed by atoms with E-state index in [-0.39, 0.29) is 11.9 Å². The monoisotopic (exact) mass is 374 g/mol. The van der Waals surface area contributed by atoms with Crippen molar-refractivity contribution in [2.24, 2.45) is 11.8 Å². The summed E-state index contributed by atoms with van der Waals surface area (Å²) in [5, 5.41) is 3.77. The Kier molecular flexibility index (Phi) is 8.46. The molecule has 0 radical (unpaired) electrons. The van der Waals surface area contributed by atoms with E-state index in [2.05, 4.69) is 38.2 Å². The van der Waals surface area contributed by atoms with Crippen molar-refractivity contribution < 1.29 is 9.53 Å². The molecule has 1 aliphatic carbocycles. The van der Waals surface area contributed by atoms with Crippen LogP contribution in [0.3, 0.4) is 0 Å². The van der Waals surface area contributed by atoms with Gasteiger partial charge in [0.25, 0.3) is 0 Å². The van der Waals surface area contributed by atoms with Gasteiger partial charge in [0.2, 0.25) is 0 Å². The third-order valence-corrected chi connectivity index (χ3v) is 5.97. The van der Waals surface area contributed by atoms with E-state index >= 15 is 0 Å². The first-order valence-electron chi connectivity index (χ1n) is 10.7. The van der Waals surface area contributed by atoms with Crippen LogP contribution in [0.5, 0.6) is 0 Å². The fraction of sp³-hybridized carbons (Fsp3) is 0.696. The SMILES string of the molecule is CCC(CC(=O)OC)c1ccc(NC(CC(C)C)C2CCCCC2)c(N)c1. The second-order valence-electron chi connectivity index (χ2n) is 8.51. The first-order chi connectivity index (χ1) is 12.9. The van der Waals surface area contributed by atoms with Crippen molar-refractivity contribution in [1.29, 1.82) is 0 Å². The summed E-state index contributed by atoms with van der Waals surface area (Å²) >= 11 is 0. The molecule has 0 bridgehead atoms. The van der Waals surface area contributed by atoms with E-state index in [0.717, 1.165) is 29.3 Å². The molecule has 27 heavy (non-hydrogen) atoms. The number of hydrogen-bond acceptors (Lipinski definition) is 4. The summed E-state index contributed by atoms with van der Waals surface area (Å²) in [7, 11) is 1.44. The zero-order chi connectivity index (χ0) is 19.8. The number of rotatable bonds is 9. The smallest absolute Gasteiger partial charge is 0.306 e. The van der Waals surface area contributed by atoms with Gasteiger partial charge in [-0.25, -0.2) is 0 Å². The van der Waals surface area contributed by atoms with Crippen LogP contribution in [0, 0.1) is 11.8 Å². The van der Waals surface area contributed by atoms with Gasteiger partial charge in [-0.05, 0) is 61.1 Å². The van der Waals surface area contributed by atoms with Crippen LogP contribution in [0.1, 0.15) is 83.6 Å². The van der Waals surface area contributed by atoms with Gasteiger partial charge in [-0.1, -0.05) is 46.1 Å². The molecule has 1 aliphatic rings. The predicted molar refractivity (Wildman–Crippen MR) is 114 cm³/mol. The molecule has 0 spiro atoms. The Hall–Kier alpha value is -1.71. The van der Waals surface area contributed by atoms with Crippen molar-refractivity contribution in [3.63, 3.8) is 0 Å². The van der Waals surface area contributed by atoms with E-state index in [4.69, 9.17) is 10.5 Å². The topological polar surface area (TPSA) is 64.3 Å². The molecule has 0 amide bonds. The third kappa shape index (κ3) is 6.44. The molecule has 4 nitrogen and oxygen atoms in total. The summed E-state index contributed by atoms with van der Waals surface area (Å²) in [4.78, 5) is 11.7. The minimum absolute atomic E-state index is 0.151. The zero-order valence-corrected chi connectivity index (χ0v) is 17.6. The Bertz CT molecular complexity index is 594. The molecule has 0 aliphatic heterocycles. The molecule has 0 heterocycles. The lowest BCUT2D eigenvalue weighted by Gasteiger charge is -2.33. The van der Waals surface area contributed by atoms with E-state index in [1.54, 1.807) is 0 Å². The molecule has 0 saturated heterocycles. The molecule has 3 N–H and O–H groups in total. The maximum atomic E-state index is 11.7. The van der Waals surface area contributed by atoms with Crippen LogP contribution in [0.2, 0.25) is 0 Å². The van der Waals surface area contributed by atoms with Crippen LogP contribution in [-0.4, -0.2) is 19.1 Å². The average molecular weight is 375 g/mol. The summed E-state index contributed by atoms with van der Waals surface area (Å²) in [5.41, 5.74) is 9.33. The standard InChI is InChI=1S/C23H38N2O2/c1-5-17(15-23(26)27-4)19-11-12-21(20(24)14-19)25-22(13-16(2)3)18-9-7-6-8-10-18/h11-12,14,16-18,22,25H,5-10,13,15,24H2,1-4H3. The molecule has 1 aromatic rings. The molecule has 1 aromatic carbocycles. The molecule has 4 heteroatoms. The fourth-order valence-corrected chi connectivity index (χ4v) is 4.36. The highest BCUT2D eigenvalue weighted by Crippen LogP contribution is 2.34. The highest BCUT2D eigenvalue weighted by atomic mass is 16.5. The number of ether oxygens (including phenoxy) is 1. The minimum atomic E-state index is -0.170. The number of nitrogens with two attached hydrogens (primary N) is 1. The van der Waals surface area contributed by atoms with Crippen molar-refractivity contribution >= 4 is 17.3 Å². The van der Waals surface area contributed by atoms with Gasteiger partial charge in [0.1, 0.15) is 0 Å². The van der Waals surface area contributed by atoms with Crippen molar-refractivity contribution in [3.05, 3.63) is 23.8 Å². The van der Waals surface area contributed by atoms with Gasteiger partial charge < -0.3 is 15.8 Å². The van der Waals surface area contributed by atoms with E-state index in [9.17, 15) is 4.79 Å². The molecule has 0 aromatic heterocycles. The van der Waals surface area contributed by atoms with Crippen molar-refractivity contribution in [1.82, 2.24) is 0 Å². The molecule has 1 saturated carbocycles. The average Bonchev–Trinajstić information content (AvgIpc) is 2.67. The van der Waals surface area contributed by atoms with Gasteiger partial charge in [0.05, 0.1) is 24.9 Å². The molecular formula is C23H38N2O2. The Labute approximate surface area is 165 Å². The minimum Gasteiger partial charge on any atom is -0.469 e. The van der Waals surface area contributed by atoms with Crippen LogP contribution in [0.25, 0.3) is 0 Å². The summed E-state index contributed by atoms with van der Waals surface area (Å²) < 4.78 is 4.83. The lowest BCUT2D eigenvalue weighted by atomic mass is 9.80. The largest absolute Gasteiger partial charge is 0.469 e. The lowest BCUT2D eigenvalue weighted by Crippen LogP contribution is -2.32. The van der Waals surface area contributed by atoms with Crippen molar-refractivity contribution in [2.45, 2.75) is 84.1 Å². The predicted octanol–water partition coefficient (Wildman–Crippen LogP) is 5.73. The van der Waals surface area contributed by atoms with Gasteiger partial charge in [0, 0.05) is 6.04 Å². The highest BCUT2D eigenvalue weighted by Gasteiger charge is 2.25. The molecule has 2 atom stereocenters. The number of carbonyl (C=O) groups is 1. The Morgan fingerprint density at radius 1 is 1.26 bits per heavy atom. The maximum absolute atomic E-state index is 11.7. The third-order valence-electron chi connectivity index (χ3n) is 5.97. The fourth-order valence-electron chi connectivity index (χ4n) is 4.36. The quantitative estimate of drug-likeness (QED) is 0.428. The molecule has 2 rings (SSSR count). The van der Waals surface area contributed by atoms with Crippen LogP contribution >= 0.6 is 0 Å². The van der Waals surface area contributed by atoms with Crippen LogP contribution in [0.4, 0.5) is 11.4 Å². The normalized spacial score (nSPS) is 17.5. The Balaban J connectivity index is 2.13. The number of methoxy groups -OCH3 is 1. The van der Waals surface area contributed by atoms with Gasteiger partial charge in [-0.2, -0.15) is 0 Å². The zero-order valence-electron chi connectivity index (χ0n) is 17.6. The molecular weight excluding hydrogens is 336 g/mol. The van der Waals surface area contributed by atoms with Crippen LogP contribution in [0.15, 0.2) is 18.2 Å². The Morgan fingerprint density at radius 2 is 1.96 bits per heavy atom. The first kappa shape index (κ1) is 21.6. The van der Waals surface area contributed by atoms with E-state index < -0.39 is 0 Å². The highest BCUT2D eigenvalue weighted by molar-refractivity contribution is 5.71. The maximum Gasteiger partial charge on any atom is 0.306 e. The number of hydrogen-bond donors (Lipinski definition) is 2. The van der Waals surface area contributed by atoms with Gasteiger partial charge in [-0.3, -0.25) is 4.79 Å². The van der Waals surface area contributed by atoms with Crippen molar-refractivity contribution in [3.8, 4) is 0 Å². The molecule has 1 fully saturated rings. The van der Waals surface area contributed by atoms with E-state index in [1.165, 1.54) is 45.6 Å². The van der Waals surface area contributed by atoms with E-state index in [0.29, 0.717) is 18.4 Å². The lowest BCUT2D eigenvalue weighted by molar-refractivity contribution is -0.141. The number of nitrogen functional groups attached to an aromatic ring is 1. The van der Waals surface area contributed by atoms with E-state index in [1.807, 2.05) is 6.07 Å². The van der Waals surface area contributed by atoms with Crippen LogP contribution in [-0.2, 0) is 9.53 Å². The van der Waals surface area contributed by atoms with Gasteiger partial charge >= 0.3 is 5.97 Å². The second kappa shape index (κ2) is 10.6. The summed E-state index contributed by atoms with van der Waals surface area (Å²) in [5.74, 6) is 1.38. The number of benzene rings is 1. The molecule has 2 unspecified atom stereocenters. The summed E-state index contributed by atoms with van der Waals surface area (Å²) in [6.45, 7) is 6.68. The van der Waals surface area contributed by atoms with Gasteiger partial charge in [0.15, 0.2) is 0 Å². The van der Waals surface area contributed by atoms with Crippen LogP contribution < -0.4 is 11.1 Å².